The van der Waals surface area contributed by atoms with Crippen molar-refractivity contribution in [2.75, 3.05) is 0 Å². The minimum Gasteiger partial charge on any atom is -0.334 e. The summed E-state index contributed by atoms with van der Waals surface area (Å²) < 4.78 is 2.03. The number of pyridine rings is 1. The van der Waals surface area contributed by atoms with Crippen LogP contribution in [0.1, 0.15) is 5.56 Å². The molecule has 4 aromatic rings. The average Bonchev–Trinajstić information content (AvgIpc) is 2.95. The van der Waals surface area contributed by atoms with E-state index in [2.05, 4.69) is 52.4 Å². The number of thioether (sulfide) groups is 1. The van der Waals surface area contributed by atoms with Gasteiger partial charge in [-0.15, -0.1) is 0 Å². The van der Waals surface area contributed by atoms with E-state index in [-0.39, 0.29) is 0 Å². The van der Waals surface area contributed by atoms with Crippen molar-refractivity contribution < 1.29 is 0 Å². The van der Waals surface area contributed by atoms with Gasteiger partial charge in [0.25, 0.3) is 0 Å². The number of benzene rings is 2. The Labute approximate surface area is 133 Å². The highest BCUT2D eigenvalue weighted by Gasteiger charge is 2.08. The number of nitrogens with zero attached hydrogens (tertiary/aromatic N) is 3. The molecule has 0 aliphatic heterocycles. The Morgan fingerprint density at radius 2 is 1.86 bits per heavy atom. The average molecular weight is 305 g/mol. The lowest BCUT2D eigenvalue weighted by Gasteiger charge is -2.06. The van der Waals surface area contributed by atoms with Crippen molar-refractivity contribution in [3.8, 4) is 0 Å². The number of aryl methyl sites for hydroxylation is 1. The molecule has 0 bridgehead atoms. The lowest BCUT2D eigenvalue weighted by molar-refractivity contribution is 0.947. The van der Waals surface area contributed by atoms with Crippen molar-refractivity contribution in [3.63, 3.8) is 0 Å². The molecular formula is C18H15N3S. The molecule has 0 radical (unpaired) electrons. The number of aromatic nitrogens is 3. The van der Waals surface area contributed by atoms with Crippen molar-refractivity contribution in [2.45, 2.75) is 10.8 Å². The molecule has 2 heterocycles. The maximum Gasteiger partial charge on any atom is 0.124 e. The second-order valence-corrected chi connectivity index (χ2v) is 6.23. The van der Waals surface area contributed by atoms with Crippen LogP contribution < -0.4 is 0 Å². The molecule has 0 aliphatic carbocycles. The Balaban J connectivity index is 1.69. The number of imidazole rings is 1. The first-order valence-electron chi connectivity index (χ1n) is 7.18. The van der Waals surface area contributed by atoms with Crippen LogP contribution in [0.2, 0.25) is 0 Å². The zero-order valence-corrected chi connectivity index (χ0v) is 13.0. The van der Waals surface area contributed by atoms with Gasteiger partial charge in [-0.2, -0.15) is 0 Å². The van der Waals surface area contributed by atoms with Crippen LogP contribution in [0.15, 0.2) is 66.1 Å². The Morgan fingerprint density at radius 1 is 1.00 bits per heavy atom. The third kappa shape index (κ3) is 2.25. The molecule has 0 fully saturated rings. The summed E-state index contributed by atoms with van der Waals surface area (Å²) in [7, 11) is 2.01. The van der Waals surface area contributed by atoms with Gasteiger partial charge in [0.2, 0.25) is 0 Å². The molecule has 0 atom stereocenters. The fourth-order valence-corrected chi connectivity index (χ4v) is 3.68. The van der Waals surface area contributed by atoms with E-state index in [1.807, 2.05) is 30.2 Å². The molecular weight excluding hydrogens is 290 g/mol. The summed E-state index contributed by atoms with van der Waals surface area (Å²) in [5.74, 6) is 0.893. The fourth-order valence-electron chi connectivity index (χ4n) is 2.71. The molecule has 22 heavy (non-hydrogen) atoms. The van der Waals surface area contributed by atoms with Crippen molar-refractivity contribution in [1.82, 2.24) is 14.5 Å². The maximum atomic E-state index is 4.50. The first kappa shape index (κ1) is 13.3. The lowest BCUT2D eigenvalue weighted by Crippen LogP contribution is -1.88. The normalized spacial score (nSPS) is 11.3. The summed E-state index contributed by atoms with van der Waals surface area (Å²) in [6.07, 6.45) is 3.70. The molecule has 0 spiro atoms. The zero-order chi connectivity index (χ0) is 14.9. The number of hydrogen-bond acceptors (Lipinski definition) is 3. The summed E-state index contributed by atoms with van der Waals surface area (Å²) in [6.45, 7) is 0. The predicted molar refractivity (Wildman–Crippen MR) is 92.0 cm³/mol. The van der Waals surface area contributed by atoms with Crippen molar-refractivity contribution in [1.29, 1.82) is 0 Å². The SMILES string of the molecule is Cn1cnc2c(SCc3cccc4ccccc34)nccc21. The van der Waals surface area contributed by atoms with Gasteiger partial charge in [-0.25, -0.2) is 9.97 Å². The van der Waals surface area contributed by atoms with Crippen molar-refractivity contribution >= 4 is 33.6 Å². The Hall–Kier alpha value is -2.33. The fraction of sp³-hybridized carbons (Fsp3) is 0.111. The zero-order valence-electron chi connectivity index (χ0n) is 12.2. The molecule has 4 rings (SSSR count). The van der Waals surface area contributed by atoms with Gasteiger partial charge >= 0.3 is 0 Å². The highest BCUT2D eigenvalue weighted by Crippen LogP contribution is 2.29. The third-order valence-corrected chi connectivity index (χ3v) is 4.88. The number of hydrogen-bond donors (Lipinski definition) is 0. The second kappa shape index (κ2) is 5.46. The van der Waals surface area contributed by atoms with Crippen molar-refractivity contribution in [2.24, 2.45) is 7.05 Å². The largest absolute Gasteiger partial charge is 0.334 e. The Kier molecular flexibility index (Phi) is 3.31. The van der Waals surface area contributed by atoms with E-state index < -0.39 is 0 Å². The molecule has 3 nitrogen and oxygen atoms in total. The van der Waals surface area contributed by atoms with Crippen LogP contribution in [0.25, 0.3) is 21.8 Å². The van der Waals surface area contributed by atoms with E-state index in [9.17, 15) is 0 Å². The van der Waals surface area contributed by atoms with Gasteiger partial charge in [0, 0.05) is 19.0 Å². The molecule has 0 amide bonds. The first-order valence-corrected chi connectivity index (χ1v) is 8.17. The topological polar surface area (TPSA) is 30.7 Å². The molecule has 108 valence electrons. The molecule has 0 saturated heterocycles. The molecule has 0 N–H and O–H groups in total. The van der Waals surface area contributed by atoms with E-state index in [0.29, 0.717) is 0 Å². The molecule has 2 aromatic carbocycles. The Bertz CT molecular complexity index is 954. The van der Waals surface area contributed by atoms with E-state index in [0.717, 1.165) is 21.8 Å². The van der Waals surface area contributed by atoms with Gasteiger partial charge in [-0.3, -0.25) is 0 Å². The van der Waals surface area contributed by atoms with Crippen LogP contribution in [0.3, 0.4) is 0 Å². The summed E-state index contributed by atoms with van der Waals surface area (Å²) in [4.78, 5) is 8.97. The van der Waals surface area contributed by atoms with Crippen LogP contribution in [0.4, 0.5) is 0 Å². The lowest BCUT2D eigenvalue weighted by atomic mass is 10.1. The predicted octanol–water partition coefficient (Wildman–Crippen LogP) is 4.41. The van der Waals surface area contributed by atoms with Crippen LogP contribution in [-0.2, 0) is 12.8 Å². The Morgan fingerprint density at radius 3 is 2.82 bits per heavy atom. The van der Waals surface area contributed by atoms with E-state index in [1.165, 1.54) is 16.3 Å². The van der Waals surface area contributed by atoms with E-state index >= 15 is 0 Å². The highest BCUT2D eigenvalue weighted by atomic mass is 32.2. The number of rotatable bonds is 3. The minimum absolute atomic E-state index is 0.893. The smallest absolute Gasteiger partial charge is 0.124 e. The van der Waals surface area contributed by atoms with Gasteiger partial charge in [0.1, 0.15) is 10.5 Å². The van der Waals surface area contributed by atoms with Gasteiger partial charge < -0.3 is 4.57 Å². The molecule has 0 aliphatic rings. The minimum atomic E-state index is 0.893. The van der Waals surface area contributed by atoms with Crippen LogP contribution in [0.5, 0.6) is 0 Å². The molecule has 0 saturated carbocycles. The molecule has 2 aromatic heterocycles. The summed E-state index contributed by atoms with van der Waals surface area (Å²) >= 11 is 1.74. The van der Waals surface area contributed by atoms with Crippen LogP contribution in [-0.4, -0.2) is 14.5 Å². The van der Waals surface area contributed by atoms with E-state index in [1.54, 1.807) is 11.8 Å². The molecule has 4 heteroatoms. The summed E-state index contributed by atoms with van der Waals surface area (Å²) in [5, 5.41) is 3.58. The highest BCUT2D eigenvalue weighted by molar-refractivity contribution is 7.98. The van der Waals surface area contributed by atoms with Gasteiger partial charge in [0.15, 0.2) is 0 Å². The van der Waals surface area contributed by atoms with Crippen molar-refractivity contribution in [3.05, 3.63) is 66.6 Å². The monoisotopic (exact) mass is 305 g/mol. The third-order valence-electron chi connectivity index (χ3n) is 3.85. The molecule has 0 unspecified atom stereocenters. The van der Waals surface area contributed by atoms with Crippen LogP contribution >= 0.6 is 11.8 Å². The van der Waals surface area contributed by atoms with Gasteiger partial charge in [0.05, 0.1) is 11.8 Å². The standard InChI is InChI=1S/C18H15N3S/c1-21-12-20-17-16(21)9-10-19-18(17)22-11-14-7-4-6-13-5-2-3-8-15(13)14/h2-10,12H,11H2,1H3. The quantitative estimate of drug-likeness (QED) is 0.525. The van der Waals surface area contributed by atoms with Gasteiger partial charge in [-0.05, 0) is 22.4 Å². The van der Waals surface area contributed by atoms with Gasteiger partial charge in [-0.1, -0.05) is 54.2 Å². The number of fused-ring (bicyclic) bond motifs is 2. The van der Waals surface area contributed by atoms with E-state index in [4.69, 9.17) is 0 Å². The first-order chi connectivity index (χ1) is 10.8. The summed E-state index contributed by atoms with van der Waals surface area (Å²) in [6, 6.07) is 17.0. The maximum absolute atomic E-state index is 4.50. The summed E-state index contributed by atoms with van der Waals surface area (Å²) in [5.41, 5.74) is 3.43. The second-order valence-electron chi connectivity index (χ2n) is 5.27. The van der Waals surface area contributed by atoms with Crippen LogP contribution in [0, 0.1) is 0 Å².